The van der Waals surface area contributed by atoms with Crippen LogP contribution in [-0.4, -0.2) is 28.6 Å². The van der Waals surface area contributed by atoms with E-state index >= 15 is 0 Å². The van der Waals surface area contributed by atoms with Crippen LogP contribution in [0.5, 0.6) is 0 Å². The van der Waals surface area contributed by atoms with Crippen molar-refractivity contribution in [3.8, 4) is 0 Å². The molecule has 1 aromatic rings. The molecule has 3 nitrogen and oxygen atoms in total. The lowest BCUT2D eigenvalue weighted by Gasteiger charge is -2.24. The van der Waals surface area contributed by atoms with E-state index in [-0.39, 0.29) is 12.6 Å². The first kappa shape index (κ1) is 14.7. The molecule has 0 saturated carbocycles. The number of aliphatic carboxylic acids is 1. The van der Waals surface area contributed by atoms with Crippen LogP contribution in [0.15, 0.2) is 24.3 Å². The second-order valence-electron chi connectivity index (χ2n) is 4.96. The Kier molecular flexibility index (Phi) is 5.86. The predicted molar refractivity (Wildman–Crippen MR) is 73.6 cm³/mol. The van der Waals surface area contributed by atoms with Gasteiger partial charge < -0.3 is 5.11 Å². The molecule has 18 heavy (non-hydrogen) atoms. The van der Waals surface area contributed by atoms with Crippen molar-refractivity contribution in [3.63, 3.8) is 0 Å². The molecule has 0 aliphatic rings. The molecule has 0 aliphatic carbocycles. The van der Waals surface area contributed by atoms with Crippen LogP contribution in [0.1, 0.15) is 38.3 Å². The molecule has 0 radical (unpaired) electrons. The van der Waals surface area contributed by atoms with Gasteiger partial charge in [-0.3, -0.25) is 9.69 Å². The fourth-order valence-electron chi connectivity index (χ4n) is 2.00. The maximum Gasteiger partial charge on any atom is 0.317 e. The van der Waals surface area contributed by atoms with E-state index in [1.54, 1.807) is 0 Å². The quantitative estimate of drug-likeness (QED) is 0.807. The summed E-state index contributed by atoms with van der Waals surface area (Å²) in [7, 11) is 0. The molecule has 0 heterocycles. The second-order valence-corrected chi connectivity index (χ2v) is 4.96. The minimum Gasteiger partial charge on any atom is -0.480 e. The highest BCUT2D eigenvalue weighted by Gasteiger charge is 2.13. The fraction of sp³-hybridized carbons (Fsp3) is 0.533. The molecule has 0 aromatic heterocycles. The number of rotatable bonds is 7. The average molecular weight is 249 g/mol. The number of carboxylic acid groups (broad SMARTS) is 1. The number of hydrogen-bond donors (Lipinski definition) is 1. The topological polar surface area (TPSA) is 40.5 Å². The molecule has 0 unspecified atom stereocenters. The van der Waals surface area contributed by atoms with Crippen molar-refractivity contribution in [3.05, 3.63) is 35.4 Å². The smallest absolute Gasteiger partial charge is 0.317 e. The lowest BCUT2D eigenvalue weighted by atomic mass is 10.1. The number of nitrogens with zero attached hydrogens (tertiary/aromatic N) is 1. The fourth-order valence-corrected chi connectivity index (χ4v) is 2.00. The highest BCUT2D eigenvalue weighted by Crippen LogP contribution is 2.12. The summed E-state index contributed by atoms with van der Waals surface area (Å²) in [6, 6.07) is 8.66. The first-order chi connectivity index (χ1) is 8.52. The lowest BCUT2D eigenvalue weighted by Crippen LogP contribution is -2.35. The molecule has 0 aliphatic heterocycles. The molecule has 0 fully saturated rings. The Balaban J connectivity index is 2.73. The molecule has 3 heteroatoms. The summed E-state index contributed by atoms with van der Waals surface area (Å²) in [4.78, 5) is 12.8. The Morgan fingerprint density at radius 3 is 2.56 bits per heavy atom. The van der Waals surface area contributed by atoms with Gasteiger partial charge in [0.05, 0.1) is 6.54 Å². The average Bonchev–Trinajstić information content (AvgIpc) is 2.28. The van der Waals surface area contributed by atoms with Crippen LogP contribution in [0, 0.1) is 0 Å². The summed E-state index contributed by atoms with van der Waals surface area (Å²) in [5.41, 5.74) is 2.52. The summed E-state index contributed by atoms with van der Waals surface area (Å²) in [5, 5.41) is 8.91. The normalized spacial score (nSPS) is 11.2. The Bertz CT molecular complexity index is 388. The monoisotopic (exact) mass is 249 g/mol. The second kappa shape index (κ2) is 7.17. The van der Waals surface area contributed by atoms with E-state index in [1.165, 1.54) is 11.1 Å². The van der Waals surface area contributed by atoms with Crippen molar-refractivity contribution in [1.82, 2.24) is 4.90 Å². The van der Waals surface area contributed by atoms with Gasteiger partial charge in [0.25, 0.3) is 0 Å². The van der Waals surface area contributed by atoms with Gasteiger partial charge in [-0.2, -0.15) is 0 Å². The Morgan fingerprint density at radius 2 is 2.00 bits per heavy atom. The highest BCUT2D eigenvalue weighted by atomic mass is 16.4. The minimum atomic E-state index is -0.770. The van der Waals surface area contributed by atoms with Gasteiger partial charge in [-0.1, -0.05) is 37.6 Å². The summed E-state index contributed by atoms with van der Waals surface area (Å²) in [6.45, 7) is 7.01. The van der Waals surface area contributed by atoms with Gasteiger partial charge >= 0.3 is 5.97 Å². The van der Waals surface area contributed by atoms with Gasteiger partial charge in [0.15, 0.2) is 0 Å². The van der Waals surface area contributed by atoms with Crippen molar-refractivity contribution in [1.29, 1.82) is 0 Å². The Morgan fingerprint density at radius 1 is 1.33 bits per heavy atom. The van der Waals surface area contributed by atoms with E-state index in [4.69, 9.17) is 5.11 Å². The third kappa shape index (κ3) is 4.88. The molecule has 0 atom stereocenters. The van der Waals surface area contributed by atoms with Crippen LogP contribution in [0.25, 0.3) is 0 Å². The lowest BCUT2D eigenvalue weighted by molar-refractivity contribution is -0.138. The van der Waals surface area contributed by atoms with E-state index in [9.17, 15) is 4.79 Å². The zero-order chi connectivity index (χ0) is 13.5. The van der Waals surface area contributed by atoms with Gasteiger partial charge in [-0.05, 0) is 31.4 Å². The number of carbonyl (C=O) groups is 1. The first-order valence-corrected chi connectivity index (χ1v) is 6.56. The Labute approximate surface area is 109 Å². The maximum atomic E-state index is 10.8. The predicted octanol–water partition coefficient (Wildman–Crippen LogP) is 2.93. The molecule has 0 amide bonds. The van der Waals surface area contributed by atoms with Gasteiger partial charge in [0, 0.05) is 12.6 Å². The first-order valence-electron chi connectivity index (χ1n) is 6.56. The van der Waals surface area contributed by atoms with E-state index in [0.29, 0.717) is 6.54 Å². The number of aryl methyl sites for hydroxylation is 1. The van der Waals surface area contributed by atoms with Gasteiger partial charge in [0.1, 0.15) is 0 Å². The largest absolute Gasteiger partial charge is 0.480 e. The molecule has 0 spiro atoms. The zero-order valence-corrected chi connectivity index (χ0v) is 11.5. The minimum absolute atomic E-state index is 0.0929. The number of carboxylic acids is 1. The summed E-state index contributed by atoms with van der Waals surface area (Å²) in [6.07, 6.45) is 2.21. The van der Waals surface area contributed by atoms with Crippen molar-refractivity contribution in [2.45, 2.75) is 46.2 Å². The van der Waals surface area contributed by atoms with Gasteiger partial charge in [-0.25, -0.2) is 0 Å². The van der Waals surface area contributed by atoms with E-state index in [0.717, 1.165) is 12.8 Å². The molecule has 1 rings (SSSR count). The summed E-state index contributed by atoms with van der Waals surface area (Å²) in [5.74, 6) is -0.770. The zero-order valence-electron chi connectivity index (χ0n) is 11.5. The summed E-state index contributed by atoms with van der Waals surface area (Å²) >= 11 is 0. The molecule has 1 N–H and O–H groups in total. The number of benzene rings is 1. The van der Waals surface area contributed by atoms with Crippen LogP contribution in [0.3, 0.4) is 0 Å². The third-order valence-corrected chi connectivity index (χ3v) is 2.98. The van der Waals surface area contributed by atoms with Crippen molar-refractivity contribution in [2.24, 2.45) is 0 Å². The van der Waals surface area contributed by atoms with Crippen molar-refractivity contribution >= 4 is 5.97 Å². The van der Waals surface area contributed by atoms with Crippen LogP contribution in [0.4, 0.5) is 0 Å². The standard InChI is InChI=1S/C15H23NO2/c1-4-6-13-7-5-8-14(9-13)10-16(12(2)3)11-15(17)18/h5,7-9,12H,4,6,10-11H2,1-3H3,(H,17,18). The third-order valence-electron chi connectivity index (χ3n) is 2.98. The molecule has 1 aromatic carbocycles. The summed E-state index contributed by atoms with van der Waals surface area (Å²) < 4.78 is 0. The molecular formula is C15H23NO2. The molecule has 0 bridgehead atoms. The highest BCUT2D eigenvalue weighted by molar-refractivity contribution is 5.69. The van der Waals surface area contributed by atoms with Gasteiger partial charge in [0.2, 0.25) is 0 Å². The van der Waals surface area contributed by atoms with Crippen LogP contribution in [-0.2, 0) is 17.8 Å². The van der Waals surface area contributed by atoms with E-state index in [2.05, 4.69) is 31.2 Å². The molecule has 100 valence electrons. The van der Waals surface area contributed by atoms with E-state index < -0.39 is 5.97 Å². The molecular weight excluding hydrogens is 226 g/mol. The Hall–Kier alpha value is -1.35. The van der Waals surface area contributed by atoms with Crippen LogP contribution in [0.2, 0.25) is 0 Å². The van der Waals surface area contributed by atoms with Crippen LogP contribution < -0.4 is 0 Å². The van der Waals surface area contributed by atoms with Gasteiger partial charge in [-0.15, -0.1) is 0 Å². The maximum absolute atomic E-state index is 10.8. The SMILES string of the molecule is CCCc1cccc(CN(CC(=O)O)C(C)C)c1. The van der Waals surface area contributed by atoms with Crippen molar-refractivity contribution < 1.29 is 9.90 Å². The van der Waals surface area contributed by atoms with E-state index in [1.807, 2.05) is 18.7 Å². The van der Waals surface area contributed by atoms with Crippen molar-refractivity contribution in [2.75, 3.05) is 6.54 Å². The molecule has 0 saturated heterocycles. The van der Waals surface area contributed by atoms with Crippen LogP contribution >= 0.6 is 0 Å². The number of hydrogen-bond acceptors (Lipinski definition) is 2.